The van der Waals surface area contributed by atoms with Crippen molar-refractivity contribution in [3.05, 3.63) is 35.4 Å². The van der Waals surface area contributed by atoms with Crippen LogP contribution >= 0.6 is 0 Å². The SMILES string of the molecule is COc1ccc(C=CC(=O)O)c(COCC2CCCC2)c1. The van der Waals surface area contributed by atoms with Gasteiger partial charge in [0.25, 0.3) is 0 Å². The van der Waals surface area contributed by atoms with Crippen LogP contribution in [-0.4, -0.2) is 24.8 Å². The van der Waals surface area contributed by atoms with Gasteiger partial charge in [-0.25, -0.2) is 4.79 Å². The summed E-state index contributed by atoms with van der Waals surface area (Å²) in [6.45, 7) is 1.26. The van der Waals surface area contributed by atoms with Gasteiger partial charge in [0.2, 0.25) is 0 Å². The zero-order chi connectivity index (χ0) is 15.1. The van der Waals surface area contributed by atoms with Gasteiger partial charge in [-0.2, -0.15) is 0 Å². The number of carboxylic acids is 1. The highest BCUT2D eigenvalue weighted by molar-refractivity contribution is 5.85. The summed E-state index contributed by atoms with van der Waals surface area (Å²) in [5.41, 5.74) is 1.80. The van der Waals surface area contributed by atoms with Gasteiger partial charge >= 0.3 is 5.97 Å². The molecule has 1 fully saturated rings. The zero-order valence-corrected chi connectivity index (χ0v) is 12.4. The number of carbonyl (C=O) groups is 1. The summed E-state index contributed by atoms with van der Waals surface area (Å²) in [5, 5.41) is 8.74. The van der Waals surface area contributed by atoms with Gasteiger partial charge in [0.1, 0.15) is 5.75 Å². The van der Waals surface area contributed by atoms with Crippen molar-refractivity contribution >= 4 is 12.0 Å². The number of ether oxygens (including phenoxy) is 2. The number of benzene rings is 1. The van der Waals surface area contributed by atoms with Crippen molar-refractivity contribution in [1.82, 2.24) is 0 Å². The minimum atomic E-state index is -0.955. The summed E-state index contributed by atoms with van der Waals surface area (Å²) in [6, 6.07) is 5.57. The zero-order valence-electron chi connectivity index (χ0n) is 12.4. The molecular weight excluding hydrogens is 268 g/mol. The number of methoxy groups -OCH3 is 1. The Morgan fingerprint density at radius 3 is 2.81 bits per heavy atom. The molecule has 1 aliphatic carbocycles. The molecule has 1 saturated carbocycles. The lowest BCUT2D eigenvalue weighted by Gasteiger charge is -2.12. The molecule has 0 spiro atoms. The minimum Gasteiger partial charge on any atom is -0.497 e. The Morgan fingerprint density at radius 1 is 1.38 bits per heavy atom. The summed E-state index contributed by atoms with van der Waals surface area (Å²) < 4.78 is 11.0. The summed E-state index contributed by atoms with van der Waals surface area (Å²) in [7, 11) is 1.62. The van der Waals surface area contributed by atoms with Gasteiger partial charge in [-0.15, -0.1) is 0 Å². The van der Waals surface area contributed by atoms with Crippen LogP contribution in [0.3, 0.4) is 0 Å². The maximum absolute atomic E-state index is 10.7. The molecule has 0 bridgehead atoms. The Kier molecular flexibility index (Phi) is 5.81. The van der Waals surface area contributed by atoms with E-state index in [2.05, 4.69) is 0 Å². The van der Waals surface area contributed by atoms with Gasteiger partial charge in [0.15, 0.2) is 0 Å². The Labute approximate surface area is 125 Å². The van der Waals surface area contributed by atoms with Crippen molar-refractivity contribution in [2.45, 2.75) is 32.3 Å². The van der Waals surface area contributed by atoms with Crippen LogP contribution in [0.25, 0.3) is 6.08 Å². The van der Waals surface area contributed by atoms with Gasteiger partial charge < -0.3 is 14.6 Å². The van der Waals surface area contributed by atoms with Crippen LogP contribution < -0.4 is 4.74 Å². The molecule has 0 saturated heterocycles. The molecule has 114 valence electrons. The number of aliphatic carboxylic acids is 1. The fourth-order valence-corrected chi connectivity index (χ4v) is 2.67. The van der Waals surface area contributed by atoms with Crippen LogP contribution in [0.5, 0.6) is 5.75 Å². The Hall–Kier alpha value is -1.81. The third kappa shape index (κ3) is 4.90. The van der Waals surface area contributed by atoms with Crippen molar-refractivity contribution in [2.75, 3.05) is 13.7 Å². The predicted octanol–water partition coefficient (Wildman–Crippen LogP) is 3.50. The lowest BCUT2D eigenvalue weighted by Crippen LogP contribution is -2.06. The molecular formula is C17H22O4. The quantitative estimate of drug-likeness (QED) is 0.781. The maximum Gasteiger partial charge on any atom is 0.328 e. The molecule has 2 rings (SSSR count). The van der Waals surface area contributed by atoms with Crippen molar-refractivity contribution in [3.63, 3.8) is 0 Å². The van der Waals surface area contributed by atoms with Crippen LogP contribution in [0.15, 0.2) is 24.3 Å². The monoisotopic (exact) mass is 290 g/mol. The lowest BCUT2D eigenvalue weighted by molar-refractivity contribution is -0.131. The molecule has 1 aromatic rings. The molecule has 1 N–H and O–H groups in total. The van der Waals surface area contributed by atoms with Crippen LogP contribution in [0, 0.1) is 5.92 Å². The molecule has 4 nitrogen and oxygen atoms in total. The summed E-state index contributed by atoms with van der Waals surface area (Å²) in [5.74, 6) is 0.471. The van der Waals surface area contributed by atoms with E-state index in [1.807, 2.05) is 18.2 Å². The normalized spacial score (nSPS) is 15.7. The highest BCUT2D eigenvalue weighted by atomic mass is 16.5. The van der Waals surface area contributed by atoms with E-state index in [9.17, 15) is 4.79 Å². The predicted molar refractivity (Wildman–Crippen MR) is 81.3 cm³/mol. The molecule has 0 aromatic heterocycles. The fraction of sp³-hybridized carbons (Fsp3) is 0.471. The molecule has 0 atom stereocenters. The maximum atomic E-state index is 10.7. The van der Waals surface area contributed by atoms with E-state index in [-0.39, 0.29) is 0 Å². The van der Waals surface area contributed by atoms with E-state index >= 15 is 0 Å². The number of rotatable bonds is 7. The van der Waals surface area contributed by atoms with E-state index in [1.54, 1.807) is 13.2 Å². The smallest absolute Gasteiger partial charge is 0.328 e. The van der Waals surface area contributed by atoms with E-state index < -0.39 is 5.97 Å². The average Bonchev–Trinajstić information content (AvgIpc) is 2.99. The molecule has 0 heterocycles. The average molecular weight is 290 g/mol. The third-order valence-electron chi connectivity index (χ3n) is 3.84. The molecule has 1 aromatic carbocycles. The van der Waals surface area contributed by atoms with Crippen LogP contribution in [0.2, 0.25) is 0 Å². The van der Waals surface area contributed by atoms with Gasteiger partial charge in [-0.1, -0.05) is 18.9 Å². The summed E-state index contributed by atoms with van der Waals surface area (Å²) >= 11 is 0. The Morgan fingerprint density at radius 2 is 2.14 bits per heavy atom. The van der Waals surface area contributed by atoms with Crippen LogP contribution in [0.4, 0.5) is 0 Å². The minimum absolute atomic E-state index is 0.479. The van der Waals surface area contributed by atoms with E-state index in [0.29, 0.717) is 12.5 Å². The molecule has 21 heavy (non-hydrogen) atoms. The molecule has 4 heteroatoms. The molecule has 0 radical (unpaired) electrons. The number of hydrogen-bond donors (Lipinski definition) is 1. The van der Waals surface area contributed by atoms with Gasteiger partial charge in [-0.05, 0) is 48.1 Å². The molecule has 0 unspecified atom stereocenters. The molecule has 0 aliphatic heterocycles. The first kappa shape index (κ1) is 15.6. The Balaban J connectivity index is 2.01. The van der Waals surface area contributed by atoms with Crippen LogP contribution in [0.1, 0.15) is 36.8 Å². The molecule has 0 amide bonds. The number of hydrogen-bond acceptors (Lipinski definition) is 3. The standard InChI is InChI=1S/C17H22O4/c1-20-16-8-6-14(7-9-17(18)19)15(10-16)12-21-11-13-4-2-3-5-13/h6-10,13H,2-5,11-12H2,1H3,(H,18,19). The first-order valence-corrected chi connectivity index (χ1v) is 7.34. The lowest BCUT2D eigenvalue weighted by atomic mass is 10.1. The third-order valence-corrected chi connectivity index (χ3v) is 3.84. The topological polar surface area (TPSA) is 55.8 Å². The second kappa shape index (κ2) is 7.84. The number of carboxylic acid groups (broad SMARTS) is 1. The van der Waals surface area contributed by atoms with Crippen molar-refractivity contribution in [3.8, 4) is 5.75 Å². The first-order valence-electron chi connectivity index (χ1n) is 7.34. The van der Waals surface area contributed by atoms with E-state index in [1.165, 1.54) is 25.7 Å². The Bertz CT molecular complexity index is 502. The highest BCUT2D eigenvalue weighted by Crippen LogP contribution is 2.26. The fourth-order valence-electron chi connectivity index (χ4n) is 2.67. The highest BCUT2D eigenvalue weighted by Gasteiger charge is 2.15. The first-order chi connectivity index (χ1) is 10.2. The largest absolute Gasteiger partial charge is 0.497 e. The van der Waals surface area contributed by atoms with E-state index in [4.69, 9.17) is 14.6 Å². The van der Waals surface area contributed by atoms with Crippen LogP contribution in [-0.2, 0) is 16.1 Å². The summed E-state index contributed by atoms with van der Waals surface area (Å²) in [6.07, 6.45) is 7.85. The summed E-state index contributed by atoms with van der Waals surface area (Å²) in [4.78, 5) is 10.7. The van der Waals surface area contributed by atoms with Crippen molar-refractivity contribution in [2.24, 2.45) is 5.92 Å². The van der Waals surface area contributed by atoms with E-state index in [0.717, 1.165) is 29.6 Å². The second-order valence-electron chi connectivity index (χ2n) is 5.40. The van der Waals surface area contributed by atoms with Gasteiger partial charge in [0, 0.05) is 12.7 Å². The second-order valence-corrected chi connectivity index (χ2v) is 5.40. The molecule has 1 aliphatic rings. The van der Waals surface area contributed by atoms with Gasteiger partial charge in [-0.3, -0.25) is 0 Å². The van der Waals surface area contributed by atoms with Crippen molar-refractivity contribution < 1.29 is 19.4 Å². The van der Waals surface area contributed by atoms with Crippen molar-refractivity contribution in [1.29, 1.82) is 0 Å². The van der Waals surface area contributed by atoms with Gasteiger partial charge in [0.05, 0.1) is 13.7 Å².